The van der Waals surface area contributed by atoms with Crippen LogP contribution in [0.3, 0.4) is 0 Å². The molecule has 0 aromatic carbocycles. The van der Waals surface area contributed by atoms with E-state index in [1.807, 2.05) is 0 Å². The van der Waals surface area contributed by atoms with Gasteiger partial charge in [0.15, 0.2) is 0 Å². The number of likely N-dealkylation sites (tertiary alicyclic amines) is 1. The summed E-state index contributed by atoms with van der Waals surface area (Å²) in [6.07, 6.45) is 4.50. The van der Waals surface area contributed by atoms with Crippen molar-refractivity contribution in [1.29, 1.82) is 0 Å². The van der Waals surface area contributed by atoms with Crippen molar-refractivity contribution in [3.05, 3.63) is 0 Å². The third kappa shape index (κ3) is 3.22. The number of nitrogens with zero attached hydrogens (tertiary/aromatic N) is 1. The fourth-order valence-corrected chi connectivity index (χ4v) is 2.66. The van der Waals surface area contributed by atoms with Gasteiger partial charge in [-0.05, 0) is 39.3 Å². The summed E-state index contributed by atoms with van der Waals surface area (Å²) in [7, 11) is 0. The Hall–Kier alpha value is -0.650. The van der Waals surface area contributed by atoms with Gasteiger partial charge in [0.05, 0.1) is 6.61 Å². The van der Waals surface area contributed by atoms with E-state index in [4.69, 9.17) is 10.5 Å². The van der Waals surface area contributed by atoms with Gasteiger partial charge in [-0.3, -0.25) is 9.69 Å². The van der Waals surface area contributed by atoms with Gasteiger partial charge in [0.25, 0.3) is 0 Å². The van der Waals surface area contributed by atoms with Crippen LogP contribution in [-0.4, -0.2) is 55.2 Å². The molecule has 2 unspecified atom stereocenters. The predicted octanol–water partition coefficient (Wildman–Crippen LogP) is 0.0948. The molecule has 0 aromatic heterocycles. The molecule has 5 nitrogen and oxygen atoms in total. The van der Waals surface area contributed by atoms with Crippen LogP contribution < -0.4 is 11.1 Å². The van der Waals surface area contributed by atoms with Crippen LogP contribution >= 0.6 is 0 Å². The minimum absolute atomic E-state index is 0.0659. The van der Waals surface area contributed by atoms with Crippen molar-refractivity contribution in [3.8, 4) is 0 Å². The molecule has 0 radical (unpaired) electrons. The first-order valence-corrected chi connectivity index (χ1v) is 7.01. The van der Waals surface area contributed by atoms with Gasteiger partial charge in [-0.2, -0.15) is 0 Å². The summed E-state index contributed by atoms with van der Waals surface area (Å²) in [4.78, 5) is 14.5. The van der Waals surface area contributed by atoms with Crippen LogP contribution in [0.25, 0.3) is 0 Å². The fourth-order valence-electron chi connectivity index (χ4n) is 2.66. The summed E-state index contributed by atoms with van der Waals surface area (Å²) >= 11 is 0. The molecule has 2 aliphatic rings. The zero-order chi connectivity index (χ0) is 13.0. The van der Waals surface area contributed by atoms with Gasteiger partial charge in [-0.25, -0.2) is 0 Å². The third-order valence-corrected chi connectivity index (χ3v) is 4.08. The molecule has 3 N–H and O–H groups in total. The van der Waals surface area contributed by atoms with Gasteiger partial charge in [-0.1, -0.05) is 6.42 Å². The molecule has 0 spiro atoms. The van der Waals surface area contributed by atoms with E-state index in [1.54, 1.807) is 0 Å². The largest absolute Gasteiger partial charge is 0.379 e. The second kappa shape index (κ2) is 5.99. The Bertz CT molecular complexity index is 284. The summed E-state index contributed by atoms with van der Waals surface area (Å²) in [5.74, 6) is -0.0659. The van der Waals surface area contributed by atoms with Crippen molar-refractivity contribution in [2.24, 2.45) is 5.73 Å². The SMILES string of the molecule is CC(CNC(=O)C1(N)CCOC1)N1CCCCC1. The number of nitrogens with one attached hydrogen (secondary N) is 1. The van der Waals surface area contributed by atoms with Crippen molar-refractivity contribution in [2.45, 2.75) is 44.2 Å². The summed E-state index contributed by atoms with van der Waals surface area (Å²) in [6, 6.07) is 0.389. The lowest BCUT2D eigenvalue weighted by atomic mass is 9.99. The van der Waals surface area contributed by atoms with Gasteiger partial charge < -0.3 is 15.8 Å². The van der Waals surface area contributed by atoms with Gasteiger partial charge in [0, 0.05) is 19.2 Å². The minimum atomic E-state index is -0.804. The molecule has 104 valence electrons. The summed E-state index contributed by atoms with van der Waals surface area (Å²) in [6.45, 7) is 6.07. The van der Waals surface area contributed by atoms with E-state index in [1.165, 1.54) is 19.3 Å². The first-order chi connectivity index (χ1) is 8.62. The van der Waals surface area contributed by atoms with Crippen LogP contribution in [0.15, 0.2) is 0 Å². The second-order valence-corrected chi connectivity index (χ2v) is 5.61. The van der Waals surface area contributed by atoms with Crippen LogP contribution in [-0.2, 0) is 9.53 Å². The van der Waals surface area contributed by atoms with Crippen LogP contribution in [0.4, 0.5) is 0 Å². The lowest BCUT2D eigenvalue weighted by molar-refractivity contribution is -0.126. The molecule has 2 fully saturated rings. The van der Waals surface area contributed by atoms with E-state index in [0.717, 1.165) is 13.1 Å². The van der Waals surface area contributed by atoms with E-state index < -0.39 is 5.54 Å². The summed E-state index contributed by atoms with van der Waals surface area (Å²) < 4.78 is 5.21. The summed E-state index contributed by atoms with van der Waals surface area (Å²) in [5.41, 5.74) is 5.21. The van der Waals surface area contributed by atoms with Gasteiger partial charge in [0.2, 0.25) is 5.91 Å². The van der Waals surface area contributed by atoms with Gasteiger partial charge in [0.1, 0.15) is 5.54 Å². The molecule has 0 saturated carbocycles. The number of ether oxygens (including phenoxy) is 1. The van der Waals surface area contributed by atoms with Crippen molar-refractivity contribution >= 4 is 5.91 Å². The highest BCUT2D eigenvalue weighted by Crippen LogP contribution is 2.16. The first kappa shape index (κ1) is 13.8. The minimum Gasteiger partial charge on any atom is -0.379 e. The Morgan fingerprint density at radius 1 is 1.44 bits per heavy atom. The monoisotopic (exact) mass is 255 g/mol. The Kier molecular flexibility index (Phi) is 4.59. The highest BCUT2D eigenvalue weighted by Gasteiger charge is 2.38. The normalized spacial score (nSPS) is 31.2. The number of piperidine rings is 1. The lowest BCUT2D eigenvalue weighted by Crippen LogP contribution is -2.56. The summed E-state index contributed by atoms with van der Waals surface area (Å²) in [5, 5.41) is 2.98. The number of rotatable bonds is 4. The van der Waals surface area contributed by atoms with Crippen molar-refractivity contribution in [3.63, 3.8) is 0 Å². The maximum atomic E-state index is 12.0. The molecule has 2 rings (SSSR count). The molecule has 0 aromatic rings. The molecule has 18 heavy (non-hydrogen) atoms. The van der Waals surface area contributed by atoms with Gasteiger partial charge in [-0.15, -0.1) is 0 Å². The Morgan fingerprint density at radius 3 is 2.78 bits per heavy atom. The van der Waals surface area contributed by atoms with Crippen LogP contribution in [0.2, 0.25) is 0 Å². The first-order valence-electron chi connectivity index (χ1n) is 7.01. The van der Waals surface area contributed by atoms with E-state index in [0.29, 0.717) is 32.2 Å². The molecule has 2 atom stereocenters. The molecular weight excluding hydrogens is 230 g/mol. The quantitative estimate of drug-likeness (QED) is 0.747. The maximum absolute atomic E-state index is 12.0. The van der Waals surface area contributed by atoms with E-state index in [2.05, 4.69) is 17.1 Å². The molecule has 2 aliphatic heterocycles. The van der Waals surface area contributed by atoms with Crippen LogP contribution in [0, 0.1) is 0 Å². The van der Waals surface area contributed by atoms with E-state index >= 15 is 0 Å². The highest BCUT2D eigenvalue weighted by atomic mass is 16.5. The molecule has 5 heteroatoms. The standard InChI is InChI=1S/C13H25N3O2/c1-11(16-6-3-2-4-7-16)9-15-12(17)13(14)5-8-18-10-13/h11H,2-10,14H2,1H3,(H,15,17). The second-order valence-electron chi connectivity index (χ2n) is 5.61. The zero-order valence-electron chi connectivity index (χ0n) is 11.3. The van der Waals surface area contributed by atoms with Crippen molar-refractivity contribution in [1.82, 2.24) is 10.2 Å². The smallest absolute Gasteiger partial charge is 0.242 e. The molecule has 0 aliphatic carbocycles. The van der Waals surface area contributed by atoms with E-state index in [9.17, 15) is 4.79 Å². The Morgan fingerprint density at radius 2 is 2.17 bits per heavy atom. The van der Waals surface area contributed by atoms with Crippen LogP contribution in [0.5, 0.6) is 0 Å². The average molecular weight is 255 g/mol. The lowest BCUT2D eigenvalue weighted by Gasteiger charge is -2.33. The van der Waals surface area contributed by atoms with Gasteiger partial charge >= 0.3 is 0 Å². The Balaban J connectivity index is 1.74. The molecule has 0 bridgehead atoms. The molecule has 2 saturated heterocycles. The number of nitrogens with two attached hydrogens (primary N) is 1. The third-order valence-electron chi connectivity index (χ3n) is 4.08. The average Bonchev–Trinajstić information content (AvgIpc) is 2.85. The molecule has 1 amide bonds. The maximum Gasteiger partial charge on any atom is 0.242 e. The van der Waals surface area contributed by atoms with Crippen molar-refractivity contribution in [2.75, 3.05) is 32.8 Å². The fraction of sp³-hybridized carbons (Fsp3) is 0.923. The van der Waals surface area contributed by atoms with Crippen molar-refractivity contribution < 1.29 is 9.53 Å². The number of amides is 1. The number of carbonyl (C=O) groups is 1. The number of hydrogen-bond acceptors (Lipinski definition) is 4. The predicted molar refractivity (Wildman–Crippen MR) is 70.3 cm³/mol. The van der Waals surface area contributed by atoms with E-state index in [-0.39, 0.29) is 5.91 Å². The highest BCUT2D eigenvalue weighted by molar-refractivity contribution is 5.86. The Labute approximate surface area is 109 Å². The number of carbonyl (C=O) groups excluding carboxylic acids is 1. The zero-order valence-corrected chi connectivity index (χ0v) is 11.3. The van der Waals surface area contributed by atoms with Crippen LogP contribution in [0.1, 0.15) is 32.6 Å². The topological polar surface area (TPSA) is 67.6 Å². The molecular formula is C13H25N3O2. The number of hydrogen-bond donors (Lipinski definition) is 2. The molecule has 2 heterocycles.